The molecule has 11 nitrogen and oxygen atoms in total. The minimum atomic E-state index is -3.71. The standard InChI is InChI=1S/C16H13N5O6S2/c22-12-8-11(17-16(25)18-12)15(24)20-19-14(23)9-3-5-10(6-4-9)21-29(26,27)13-2-1-7-28-13/h1-8,21H,(H,19,23)(H,20,24)(H2,17,18,22,25). The number of amides is 2. The van der Waals surface area contributed by atoms with E-state index in [-0.39, 0.29) is 21.2 Å². The van der Waals surface area contributed by atoms with Crippen molar-refractivity contribution in [2.45, 2.75) is 4.21 Å². The first-order valence-corrected chi connectivity index (χ1v) is 10.2. The molecule has 150 valence electrons. The van der Waals surface area contributed by atoms with Crippen LogP contribution in [0.1, 0.15) is 20.8 Å². The second kappa shape index (κ2) is 8.12. The van der Waals surface area contributed by atoms with Crippen molar-refractivity contribution < 1.29 is 18.0 Å². The Morgan fingerprint density at radius 1 is 0.931 bits per heavy atom. The van der Waals surface area contributed by atoms with E-state index in [0.717, 1.165) is 17.4 Å². The number of aromatic amines is 2. The number of hydrogen-bond donors (Lipinski definition) is 5. The average Bonchev–Trinajstić information content (AvgIpc) is 3.21. The Morgan fingerprint density at radius 3 is 2.24 bits per heavy atom. The number of aromatic nitrogens is 2. The SMILES string of the molecule is O=C(NNC(=O)c1cc(=O)[nH]c(=O)[nH]1)c1ccc(NS(=O)(=O)c2cccs2)cc1. The van der Waals surface area contributed by atoms with Gasteiger partial charge >= 0.3 is 5.69 Å². The van der Waals surface area contributed by atoms with Crippen LogP contribution in [0.5, 0.6) is 0 Å². The molecular formula is C16H13N5O6S2. The summed E-state index contributed by atoms with van der Waals surface area (Å²) in [6.07, 6.45) is 0. The Labute approximate surface area is 166 Å². The van der Waals surface area contributed by atoms with Crippen molar-refractivity contribution in [1.82, 2.24) is 20.8 Å². The van der Waals surface area contributed by atoms with Crippen molar-refractivity contribution in [1.29, 1.82) is 0 Å². The van der Waals surface area contributed by atoms with Gasteiger partial charge in [-0.25, -0.2) is 13.2 Å². The topological polar surface area (TPSA) is 170 Å². The van der Waals surface area contributed by atoms with Crippen molar-refractivity contribution in [2.75, 3.05) is 4.72 Å². The Kier molecular flexibility index (Phi) is 5.61. The molecule has 3 rings (SSSR count). The fourth-order valence-electron chi connectivity index (χ4n) is 2.16. The smallest absolute Gasteiger partial charge is 0.303 e. The van der Waals surface area contributed by atoms with Crippen LogP contribution in [0.2, 0.25) is 0 Å². The largest absolute Gasteiger partial charge is 0.326 e. The normalized spacial score (nSPS) is 10.9. The van der Waals surface area contributed by atoms with Crippen molar-refractivity contribution in [2.24, 2.45) is 0 Å². The number of sulfonamides is 1. The maximum absolute atomic E-state index is 12.2. The van der Waals surface area contributed by atoms with Crippen LogP contribution in [-0.4, -0.2) is 30.2 Å². The molecule has 2 aromatic heterocycles. The van der Waals surface area contributed by atoms with E-state index in [0.29, 0.717) is 0 Å². The first kappa shape index (κ1) is 20.0. The summed E-state index contributed by atoms with van der Waals surface area (Å²) in [5.41, 5.74) is 2.57. The Bertz CT molecular complexity index is 1230. The zero-order valence-corrected chi connectivity index (χ0v) is 16.0. The van der Waals surface area contributed by atoms with Gasteiger partial charge in [-0.3, -0.25) is 34.9 Å². The lowest BCUT2D eigenvalue weighted by atomic mass is 10.2. The van der Waals surface area contributed by atoms with Crippen LogP contribution in [0.25, 0.3) is 0 Å². The molecule has 0 aliphatic carbocycles. The van der Waals surface area contributed by atoms with Crippen LogP contribution < -0.4 is 26.8 Å². The Balaban J connectivity index is 1.62. The number of hydrazine groups is 1. The molecule has 5 N–H and O–H groups in total. The predicted octanol–water partition coefficient (Wildman–Crippen LogP) is 0.000300. The van der Waals surface area contributed by atoms with Gasteiger partial charge < -0.3 is 4.98 Å². The zero-order chi connectivity index (χ0) is 21.0. The number of rotatable bonds is 5. The average molecular weight is 435 g/mol. The van der Waals surface area contributed by atoms with E-state index in [1.165, 1.54) is 30.3 Å². The third kappa shape index (κ3) is 4.97. The van der Waals surface area contributed by atoms with Gasteiger partial charge in [0.05, 0.1) is 0 Å². The maximum atomic E-state index is 12.2. The number of nitrogens with one attached hydrogen (secondary N) is 5. The van der Waals surface area contributed by atoms with Gasteiger partial charge in [-0.15, -0.1) is 11.3 Å². The highest BCUT2D eigenvalue weighted by molar-refractivity contribution is 7.94. The summed E-state index contributed by atoms with van der Waals surface area (Å²) in [5, 5.41) is 1.64. The Hall–Kier alpha value is -3.71. The summed E-state index contributed by atoms with van der Waals surface area (Å²) >= 11 is 1.07. The molecule has 0 saturated carbocycles. The van der Waals surface area contributed by atoms with E-state index >= 15 is 0 Å². The van der Waals surface area contributed by atoms with E-state index in [9.17, 15) is 27.6 Å². The molecule has 0 saturated heterocycles. The van der Waals surface area contributed by atoms with Crippen molar-refractivity contribution in [3.8, 4) is 0 Å². The number of thiophene rings is 1. The highest BCUT2D eigenvalue weighted by atomic mass is 32.2. The highest BCUT2D eigenvalue weighted by Gasteiger charge is 2.16. The molecule has 29 heavy (non-hydrogen) atoms. The van der Waals surface area contributed by atoms with Crippen LogP contribution in [0.3, 0.4) is 0 Å². The van der Waals surface area contributed by atoms with Crippen LogP contribution >= 0.6 is 11.3 Å². The van der Waals surface area contributed by atoms with E-state index in [4.69, 9.17) is 0 Å². The van der Waals surface area contributed by atoms with E-state index < -0.39 is 33.1 Å². The molecule has 0 fully saturated rings. The van der Waals surface area contributed by atoms with Gasteiger partial charge in [0, 0.05) is 17.3 Å². The summed E-state index contributed by atoms with van der Waals surface area (Å²) in [4.78, 5) is 50.3. The second-order valence-corrected chi connectivity index (χ2v) is 8.38. The molecule has 0 radical (unpaired) electrons. The fraction of sp³-hybridized carbons (Fsp3) is 0. The molecule has 3 aromatic rings. The summed E-state index contributed by atoms with van der Waals surface area (Å²) in [6.45, 7) is 0. The predicted molar refractivity (Wildman–Crippen MR) is 104 cm³/mol. The number of H-pyrrole nitrogens is 2. The molecular weight excluding hydrogens is 422 g/mol. The van der Waals surface area contributed by atoms with Gasteiger partial charge in [-0.05, 0) is 35.7 Å². The first-order valence-electron chi connectivity index (χ1n) is 7.85. The molecule has 2 amide bonds. The molecule has 0 aliphatic heterocycles. The lowest BCUT2D eigenvalue weighted by molar-refractivity contribution is 0.0843. The van der Waals surface area contributed by atoms with Gasteiger partial charge in [0.2, 0.25) is 0 Å². The van der Waals surface area contributed by atoms with Gasteiger partial charge in [0.1, 0.15) is 9.90 Å². The summed E-state index contributed by atoms with van der Waals surface area (Å²) in [6, 6.07) is 9.41. The van der Waals surface area contributed by atoms with Crippen molar-refractivity contribution in [3.05, 3.63) is 79.9 Å². The van der Waals surface area contributed by atoms with Crippen LogP contribution in [-0.2, 0) is 10.0 Å². The van der Waals surface area contributed by atoms with E-state index in [1.807, 2.05) is 4.98 Å². The molecule has 13 heteroatoms. The van der Waals surface area contributed by atoms with Crippen molar-refractivity contribution in [3.63, 3.8) is 0 Å². The third-order valence-electron chi connectivity index (χ3n) is 3.45. The zero-order valence-electron chi connectivity index (χ0n) is 14.4. The number of carbonyl (C=O) groups is 2. The summed E-state index contributed by atoms with van der Waals surface area (Å²) < 4.78 is 26.9. The molecule has 0 aliphatic rings. The highest BCUT2D eigenvalue weighted by Crippen LogP contribution is 2.20. The molecule has 1 aromatic carbocycles. The van der Waals surface area contributed by atoms with E-state index in [2.05, 4.69) is 20.6 Å². The third-order valence-corrected chi connectivity index (χ3v) is 6.23. The quantitative estimate of drug-likeness (QED) is 0.353. The number of carbonyl (C=O) groups excluding carboxylic acids is 2. The first-order chi connectivity index (χ1) is 13.7. The minimum Gasteiger partial charge on any atom is -0.303 e. The van der Waals surface area contributed by atoms with E-state index in [1.54, 1.807) is 11.4 Å². The summed E-state index contributed by atoms with van der Waals surface area (Å²) in [7, 11) is -3.71. The maximum Gasteiger partial charge on any atom is 0.326 e. The molecule has 0 unspecified atom stereocenters. The summed E-state index contributed by atoms with van der Waals surface area (Å²) in [5.74, 6) is -1.60. The monoisotopic (exact) mass is 435 g/mol. The molecule has 0 atom stereocenters. The van der Waals surface area contributed by atoms with Gasteiger partial charge in [0.15, 0.2) is 0 Å². The van der Waals surface area contributed by atoms with Crippen LogP contribution in [0.4, 0.5) is 5.69 Å². The van der Waals surface area contributed by atoms with Gasteiger partial charge in [0.25, 0.3) is 27.4 Å². The van der Waals surface area contributed by atoms with Gasteiger partial charge in [-0.1, -0.05) is 6.07 Å². The molecule has 2 heterocycles. The van der Waals surface area contributed by atoms with Crippen LogP contribution in [0, 0.1) is 0 Å². The lowest BCUT2D eigenvalue weighted by Crippen LogP contribution is -2.43. The van der Waals surface area contributed by atoms with Crippen LogP contribution in [0.15, 0.2) is 61.6 Å². The van der Waals surface area contributed by atoms with Crippen molar-refractivity contribution >= 4 is 38.9 Å². The number of hydrogen-bond acceptors (Lipinski definition) is 7. The van der Waals surface area contributed by atoms with Gasteiger partial charge in [-0.2, -0.15) is 0 Å². The molecule has 0 spiro atoms. The fourth-order valence-corrected chi connectivity index (χ4v) is 4.21. The molecule has 0 bridgehead atoms. The lowest BCUT2D eigenvalue weighted by Gasteiger charge is -2.09. The number of anilines is 1. The number of benzene rings is 1. The Morgan fingerprint density at radius 2 is 1.62 bits per heavy atom. The minimum absolute atomic E-state index is 0.128. The second-order valence-electron chi connectivity index (χ2n) is 5.52.